The van der Waals surface area contributed by atoms with Gasteiger partial charge in [-0.15, -0.1) is 0 Å². The smallest absolute Gasteiger partial charge is 0.319 e. The minimum Gasteiger partial charge on any atom is -0.481 e. The molecule has 112 valence electrons. The summed E-state index contributed by atoms with van der Waals surface area (Å²) in [5, 5.41) is 12.2. The SMILES string of the molecule is CC.CN(CC(C)(C)C(=O)O)C(=O)N1CCNCC1. The molecule has 1 fully saturated rings. The van der Waals surface area contributed by atoms with Crippen LogP contribution < -0.4 is 5.32 Å². The highest BCUT2D eigenvalue weighted by molar-refractivity contribution is 5.77. The molecule has 19 heavy (non-hydrogen) atoms. The van der Waals surface area contributed by atoms with E-state index in [1.807, 2.05) is 13.8 Å². The van der Waals surface area contributed by atoms with Crippen LogP contribution in [0, 0.1) is 5.41 Å². The lowest BCUT2D eigenvalue weighted by molar-refractivity contribution is -0.147. The molecule has 1 aliphatic rings. The summed E-state index contributed by atoms with van der Waals surface area (Å²) < 4.78 is 0. The maximum absolute atomic E-state index is 12.0. The maximum atomic E-state index is 12.0. The van der Waals surface area contributed by atoms with E-state index in [0.29, 0.717) is 13.1 Å². The first-order chi connectivity index (χ1) is 8.84. The highest BCUT2D eigenvalue weighted by atomic mass is 16.4. The van der Waals surface area contributed by atoms with Gasteiger partial charge in [-0.25, -0.2) is 4.79 Å². The van der Waals surface area contributed by atoms with Gasteiger partial charge in [0.1, 0.15) is 0 Å². The number of carbonyl (C=O) groups is 2. The molecule has 0 aromatic carbocycles. The molecule has 6 nitrogen and oxygen atoms in total. The lowest BCUT2D eigenvalue weighted by atomic mass is 9.93. The van der Waals surface area contributed by atoms with Gasteiger partial charge in [0.15, 0.2) is 0 Å². The summed E-state index contributed by atoms with van der Waals surface area (Å²) in [7, 11) is 1.65. The summed E-state index contributed by atoms with van der Waals surface area (Å²) in [5.74, 6) is -0.891. The Kier molecular flexibility index (Phi) is 7.44. The second-order valence-electron chi connectivity index (χ2n) is 5.06. The first-order valence-electron chi connectivity index (χ1n) is 6.79. The monoisotopic (exact) mass is 273 g/mol. The van der Waals surface area contributed by atoms with Crippen LogP contribution in [-0.4, -0.2) is 66.7 Å². The van der Waals surface area contributed by atoms with E-state index in [2.05, 4.69) is 5.32 Å². The zero-order valence-corrected chi connectivity index (χ0v) is 12.7. The zero-order chi connectivity index (χ0) is 15.1. The summed E-state index contributed by atoms with van der Waals surface area (Å²) in [6.07, 6.45) is 0. The molecule has 0 radical (unpaired) electrons. The van der Waals surface area contributed by atoms with Crippen molar-refractivity contribution >= 4 is 12.0 Å². The van der Waals surface area contributed by atoms with Gasteiger partial charge in [0, 0.05) is 39.8 Å². The van der Waals surface area contributed by atoms with Crippen molar-refractivity contribution in [1.29, 1.82) is 0 Å². The summed E-state index contributed by atoms with van der Waals surface area (Å²) in [6.45, 7) is 10.4. The van der Waals surface area contributed by atoms with Crippen molar-refractivity contribution in [3.63, 3.8) is 0 Å². The molecule has 0 spiro atoms. The summed E-state index contributed by atoms with van der Waals surface area (Å²) >= 11 is 0. The van der Waals surface area contributed by atoms with Gasteiger partial charge in [-0.2, -0.15) is 0 Å². The maximum Gasteiger partial charge on any atom is 0.319 e. The van der Waals surface area contributed by atoms with E-state index in [1.165, 1.54) is 4.90 Å². The molecule has 0 bridgehead atoms. The van der Waals surface area contributed by atoms with Gasteiger partial charge in [0.25, 0.3) is 0 Å². The molecule has 0 atom stereocenters. The Labute approximate surface area is 115 Å². The van der Waals surface area contributed by atoms with E-state index in [9.17, 15) is 9.59 Å². The number of amides is 2. The molecule has 2 N–H and O–H groups in total. The third-order valence-corrected chi connectivity index (χ3v) is 2.93. The number of hydrogen-bond donors (Lipinski definition) is 2. The molecule has 0 saturated carbocycles. The number of hydrogen-bond acceptors (Lipinski definition) is 3. The van der Waals surface area contributed by atoms with E-state index in [1.54, 1.807) is 25.8 Å². The first kappa shape index (κ1) is 17.7. The molecule has 0 unspecified atom stereocenters. The Morgan fingerprint density at radius 1 is 1.26 bits per heavy atom. The topological polar surface area (TPSA) is 72.9 Å². The van der Waals surface area contributed by atoms with E-state index < -0.39 is 11.4 Å². The summed E-state index contributed by atoms with van der Waals surface area (Å²) in [5.41, 5.74) is -0.918. The standard InChI is InChI=1S/C11H21N3O3.C2H6/c1-11(2,9(15)16)8-13(3)10(17)14-6-4-12-5-7-14;1-2/h12H,4-8H2,1-3H3,(H,15,16);1-2H3. The number of nitrogens with one attached hydrogen (secondary N) is 1. The van der Waals surface area contributed by atoms with Crippen LogP contribution in [0.25, 0.3) is 0 Å². The highest BCUT2D eigenvalue weighted by Crippen LogP contribution is 2.17. The number of carbonyl (C=O) groups excluding carboxylic acids is 1. The van der Waals surface area contributed by atoms with Crippen LogP contribution in [0.3, 0.4) is 0 Å². The number of urea groups is 1. The molecule has 0 aliphatic carbocycles. The van der Waals surface area contributed by atoms with Crippen molar-refractivity contribution < 1.29 is 14.7 Å². The van der Waals surface area contributed by atoms with E-state index in [-0.39, 0.29) is 12.6 Å². The third-order valence-electron chi connectivity index (χ3n) is 2.93. The van der Waals surface area contributed by atoms with Crippen LogP contribution in [0.2, 0.25) is 0 Å². The number of carboxylic acid groups (broad SMARTS) is 1. The van der Waals surface area contributed by atoms with Crippen LogP contribution in [0.4, 0.5) is 4.79 Å². The second-order valence-corrected chi connectivity index (χ2v) is 5.06. The Morgan fingerprint density at radius 3 is 2.16 bits per heavy atom. The minimum absolute atomic E-state index is 0.0965. The average Bonchev–Trinajstić information content (AvgIpc) is 2.40. The first-order valence-corrected chi connectivity index (χ1v) is 6.79. The molecule has 6 heteroatoms. The fourth-order valence-corrected chi connectivity index (χ4v) is 1.83. The fraction of sp³-hybridized carbons (Fsp3) is 0.846. The number of nitrogens with zero attached hydrogens (tertiary/aromatic N) is 2. The molecule has 1 aliphatic heterocycles. The molecule has 1 saturated heterocycles. The minimum atomic E-state index is -0.918. The van der Waals surface area contributed by atoms with Gasteiger partial charge in [0.05, 0.1) is 5.41 Å². The van der Waals surface area contributed by atoms with Crippen LogP contribution in [-0.2, 0) is 4.79 Å². The van der Waals surface area contributed by atoms with E-state index >= 15 is 0 Å². The van der Waals surface area contributed by atoms with Crippen LogP contribution in [0.5, 0.6) is 0 Å². The lowest BCUT2D eigenvalue weighted by Crippen LogP contribution is -2.52. The molecular formula is C13H27N3O3. The number of piperazine rings is 1. The van der Waals surface area contributed by atoms with Gasteiger partial charge in [-0.3, -0.25) is 4.79 Å². The molecule has 1 rings (SSSR count). The van der Waals surface area contributed by atoms with Crippen molar-refractivity contribution in [3.05, 3.63) is 0 Å². The molecule has 2 amide bonds. The largest absolute Gasteiger partial charge is 0.481 e. The fourth-order valence-electron chi connectivity index (χ4n) is 1.83. The van der Waals surface area contributed by atoms with Crippen molar-refractivity contribution in [2.45, 2.75) is 27.7 Å². The summed E-state index contributed by atoms with van der Waals surface area (Å²) in [6, 6.07) is -0.0965. The molecule has 0 aromatic rings. The number of aliphatic carboxylic acids is 1. The third kappa shape index (κ3) is 5.46. The van der Waals surface area contributed by atoms with Crippen molar-refractivity contribution in [1.82, 2.24) is 15.1 Å². The predicted octanol–water partition coefficient (Wildman–Crippen LogP) is 1.08. The van der Waals surface area contributed by atoms with Crippen LogP contribution in [0.15, 0.2) is 0 Å². The van der Waals surface area contributed by atoms with Crippen molar-refractivity contribution in [3.8, 4) is 0 Å². The predicted molar refractivity (Wildman–Crippen MR) is 75.2 cm³/mol. The Bertz CT molecular complexity index is 300. The second kappa shape index (κ2) is 7.99. The average molecular weight is 273 g/mol. The molecule has 0 aromatic heterocycles. The molecular weight excluding hydrogens is 246 g/mol. The van der Waals surface area contributed by atoms with Gasteiger partial charge in [-0.05, 0) is 13.8 Å². The Hall–Kier alpha value is -1.30. The van der Waals surface area contributed by atoms with Gasteiger partial charge in [0.2, 0.25) is 0 Å². The highest BCUT2D eigenvalue weighted by Gasteiger charge is 2.31. The van der Waals surface area contributed by atoms with Crippen molar-refractivity contribution in [2.75, 3.05) is 39.8 Å². The van der Waals surface area contributed by atoms with Gasteiger partial charge >= 0.3 is 12.0 Å². The summed E-state index contributed by atoms with van der Waals surface area (Å²) in [4.78, 5) is 26.3. The van der Waals surface area contributed by atoms with Crippen LogP contribution >= 0.6 is 0 Å². The van der Waals surface area contributed by atoms with E-state index in [4.69, 9.17) is 5.11 Å². The molecule has 1 heterocycles. The van der Waals surface area contributed by atoms with Gasteiger partial charge in [-0.1, -0.05) is 13.8 Å². The number of carboxylic acids is 1. The Morgan fingerprint density at radius 2 is 1.74 bits per heavy atom. The zero-order valence-electron chi connectivity index (χ0n) is 12.7. The van der Waals surface area contributed by atoms with Crippen LogP contribution in [0.1, 0.15) is 27.7 Å². The normalized spacial score (nSPS) is 15.3. The van der Waals surface area contributed by atoms with E-state index in [0.717, 1.165) is 13.1 Å². The number of rotatable bonds is 3. The van der Waals surface area contributed by atoms with Gasteiger partial charge < -0.3 is 20.2 Å². The Balaban J connectivity index is 0.00000154. The van der Waals surface area contributed by atoms with Crippen molar-refractivity contribution in [2.24, 2.45) is 5.41 Å². The lowest BCUT2D eigenvalue weighted by Gasteiger charge is -2.34. The quantitative estimate of drug-likeness (QED) is 0.807.